The molecular weight excluding hydrogens is 276 g/mol. The first-order valence-electron chi connectivity index (χ1n) is 5.64. The molecule has 88 valence electrons. The molecule has 2 rings (SSSR count). The van der Waals surface area contributed by atoms with Gasteiger partial charge in [0.25, 0.3) is 0 Å². The Hall–Kier alpha value is -1.19. The van der Waals surface area contributed by atoms with Gasteiger partial charge in [-0.3, -0.25) is 4.98 Å². The van der Waals surface area contributed by atoms with Gasteiger partial charge in [0.05, 0.1) is 5.69 Å². The van der Waals surface area contributed by atoms with Crippen molar-refractivity contribution in [3.05, 3.63) is 64.4 Å². The van der Waals surface area contributed by atoms with Crippen molar-refractivity contribution in [2.45, 2.75) is 19.5 Å². The van der Waals surface area contributed by atoms with Crippen LogP contribution in [0.5, 0.6) is 0 Å². The summed E-state index contributed by atoms with van der Waals surface area (Å²) in [6.07, 6.45) is 1.82. The molecule has 2 aromatic rings. The zero-order valence-electron chi connectivity index (χ0n) is 9.73. The molecule has 0 aliphatic carbocycles. The van der Waals surface area contributed by atoms with Gasteiger partial charge in [-0.1, -0.05) is 30.3 Å². The molecule has 0 amide bonds. The summed E-state index contributed by atoms with van der Waals surface area (Å²) in [5.74, 6) is 0. The lowest BCUT2D eigenvalue weighted by Crippen LogP contribution is -2.18. The minimum Gasteiger partial charge on any atom is -0.305 e. The normalized spacial score (nSPS) is 12.4. The highest BCUT2D eigenvalue weighted by Gasteiger charge is 2.03. The van der Waals surface area contributed by atoms with Crippen LogP contribution in [0.1, 0.15) is 24.2 Å². The highest BCUT2D eigenvalue weighted by Crippen LogP contribution is 2.12. The third-order valence-corrected chi connectivity index (χ3v) is 3.15. The second-order valence-corrected chi connectivity index (χ2v) is 4.90. The fourth-order valence-corrected chi connectivity index (χ4v) is 1.86. The standard InChI is InChI=1S/C14H15BrN2/c1-11(12-5-3-2-4-6-12)16-10-14-8-7-13(15)9-17-14/h2-9,11,16H,10H2,1H3/t11-/m0/s1. The van der Waals surface area contributed by atoms with Crippen LogP contribution in [-0.4, -0.2) is 4.98 Å². The fraction of sp³-hybridized carbons (Fsp3) is 0.214. The van der Waals surface area contributed by atoms with Gasteiger partial charge in [-0.15, -0.1) is 0 Å². The minimum absolute atomic E-state index is 0.335. The van der Waals surface area contributed by atoms with Crippen LogP contribution >= 0.6 is 15.9 Å². The predicted molar refractivity (Wildman–Crippen MR) is 73.6 cm³/mol. The molecule has 0 aliphatic heterocycles. The van der Waals surface area contributed by atoms with Crippen molar-refractivity contribution in [1.82, 2.24) is 10.3 Å². The summed E-state index contributed by atoms with van der Waals surface area (Å²) >= 11 is 3.38. The Morgan fingerprint density at radius 2 is 1.94 bits per heavy atom. The first-order valence-corrected chi connectivity index (χ1v) is 6.44. The SMILES string of the molecule is C[C@H](NCc1ccc(Br)cn1)c1ccccc1. The van der Waals surface area contributed by atoms with Crippen molar-refractivity contribution in [2.75, 3.05) is 0 Å². The quantitative estimate of drug-likeness (QED) is 0.929. The van der Waals surface area contributed by atoms with Crippen LogP contribution in [0.4, 0.5) is 0 Å². The van der Waals surface area contributed by atoms with E-state index < -0.39 is 0 Å². The molecule has 1 aromatic heterocycles. The molecular formula is C14H15BrN2. The first kappa shape index (κ1) is 12.3. The van der Waals surface area contributed by atoms with E-state index in [1.54, 1.807) is 0 Å². The number of halogens is 1. The summed E-state index contributed by atoms with van der Waals surface area (Å²) < 4.78 is 1.01. The van der Waals surface area contributed by atoms with Crippen LogP contribution in [0.15, 0.2) is 53.1 Å². The summed E-state index contributed by atoms with van der Waals surface area (Å²) in [5, 5.41) is 3.46. The fourth-order valence-electron chi connectivity index (χ4n) is 1.63. The Kier molecular flexibility index (Phi) is 4.29. The van der Waals surface area contributed by atoms with E-state index >= 15 is 0 Å². The van der Waals surface area contributed by atoms with Crippen LogP contribution in [0, 0.1) is 0 Å². The van der Waals surface area contributed by atoms with Gasteiger partial charge in [0, 0.05) is 23.3 Å². The lowest BCUT2D eigenvalue weighted by Gasteiger charge is -2.13. The molecule has 1 aromatic carbocycles. The average molecular weight is 291 g/mol. The van der Waals surface area contributed by atoms with Gasteiger partial charge in [0.2, 0.25) is 0 Å². The van der Waals surface area contributed by atoms with Crippen molar-refractivity contribution in [1.29, 1.82) is 0 Å². The Morgan fingerprint density at radius 3 is 2.59 bits per heavy atom. The topological polar surface area (TPSA) is 24.9 Å². The molecule has 0 fully saturated rings. The summed E-state index contributed by atoms with van der Waals surface area (Å²) in [6.45, 7) is 2.94. The number of pyridine rings is 1. The van der Waals surface area contributed by atoms with E-state index in [-0.39, 0.29) is 0 Å². The molecule has 0 bridgehead atoms. The number of rotatable bonds is 4. The lowest BCUT2D eigenvalue weighted by atomic mass is 10.1. The number of aromatic nitrogens is 1. The summed E-state index contributed by atoms with van der Waals surface area (Å²) in [7, 11) is 0. The van der Waals surface area contributed by atoms with E-state index in [9.17, 15) is 0 Å². The molecule has 1 atom stereocenters. The van der Waals surface area contributed by atoms with Crippen LogP contribution in [0.2, 0.25) is 0 Å². The number of nitrogens with one attached hydrogen (secondary N) is 1. The van der Waals surface area contributed by atoms with Gasteiger partial charge >= 0.3 is 0 Å². The van der Waals surface area contributed by atoms with Crippen molar-refractivity contribution < 1.29 is 0 Å². The Bertz CT molecular complexity index is 453. The summed E-state index contributed by atoms with van der Waals surface area (Å²) in [4.78, 5) is 4.33. The second-order valence-electron chi connectivity index (χ2n) is 3.98. The molecule has 1 N–H and O–H groups in total. The molecule has 2 nitrogen and oxygen atoms in total. The monoisotopic (exact) mass is 290 g/mol. The molecule has 17 heavy (non-hydrogen) atoms. The van der Waals surface area contributed by atoms with E-state index in [2.05, 4.69) is 57.4 Å². The number of hydrogen-bond acceptors (Lipinski definition) is 2. The molecule has 0 unspecified atom stereocenters. The minimum atomic E-state index is 0.335. The van der Waals surface area contributed by atoms with E-state index in [0.29, 0.717) is 6.04 Å². The maximum Gasteiger partial charge on any atom is 0.0542 e. The van der Waals surface area contributed by atoms with Crippen molar-refractivity contribution in [2.24, 2.45) is 0 Å². The Balaban J connectivity index is 1.92. The maximum absolute atomic E-state index is 4.33. The van der Waals surface area contributed by atoms with Gasteiger partial charge in [-0.2, -0.15) is 0 Å². The van der Waals surface area contributed by atoms with E-state index in [0.717, 1.165) is 16.7 Å². The second kappa shape index (κ2) is 5.94. The smallest absolute Gasteiger partial charge is 0.0542 e. The third kappa shape index (κ3) is 3.65. The predicted octanol–water partition coefficient (Wildman–Crippen LogP) is 3.69. The lowest BCUT2D eigenvalue weighted by molar-refractivity contribution is 0.568. The number of benzene rings is 1. The van der Waals surface area contributed by atoms with Gasteiger partial charge in [-0.25, -0.2) is 0 Å². The van der Waals surface area contributed by atoms with Gasteiger partial charge in [-0.05, 0) is 40.5 Å². The highest BCUT2D eigenvalue weighted by atomic mass is 79.9. The Labute approximate surface area is 110 Å². The molecule has 0 saturated carbocycles. The van der Waals surface area contributed by atoms with Crippen LogP contribution in [0.25, 0.3) is 0 Å². The van der Waals surface area contributed by atoms with Gasteiger partial charge < -0.3 is 5.32 Å². The molecule has 0 saturated heterocycles. The van der Waals surface area contributed by atoms with Crippen molar-refractivity contribution in [3.63, 3.8) is 0 Å². The summed E-state index contributed by atoms with van der Waals surface area (Å²) in [5.41, 5.74) is 2.35. The van der Waals surface area contributed by atoms with Crippen molar-refractivity contribution in [3.8, 4) is 0 Å². The molecule has 1 heterocycles. The van der Waals surface area contributed by atoms with E-state index in [1.807, 2.05) is 24.4 Å². The van der Waals surface area contributed by atoms with E-state index in [1.165, 1.54) is 5.56 Å². The number of hydrogen-bond donors (Lipinski definition) is 1. The van der Waals surface area contributed by atoms with Gasteiger partial charge in [0.1, 0.15) is 0 Å². The maximum atomic E-state index is 4.33. The molecule has 3 heteroatoms. The molecule has 0 radical (unpaired) electrons. The Morgan fingerprint density at radius 1 is 1.18 bits per heavy atom. The highest BCUT2D eigenvalue weighted by molar-refractivity contribution is 9.10. The number of nitrogens with zero attached hydrogens (tertiary/aromatic N) is 1. The van der Waals surface area contributed by atoms with Crippen molar-refractivity contribution >= 4 is 15.9 Å². The van der Waals surface area contributed by atoms with E-state index in [4.69, 9.17) is 0 Å². The molecule has 0 spiro atoms. The largest absolute Gasteiger partial charge is 0.305 e. The first-order chi connectivity index (χ1) is 8.25. The zero-order chi connectivity index (χ0) is 12.1. The molecule has 0 aliphatic rings. The van der Waals surface area contributed by atoms with Gasteiger partial charge in [0.15, 0.2) is 0 Å². The van der Waals surface area contributed by atoms with Crippen LogP contribution in [-0.2, 0) is 6.54 Å². The third-order valence-electron chi connectivity index (χ3n) is 2.68. The van der Waals surface area contributed by atoms with Crippen LogP contribution in [0.3, 0.4) is 0 Å². The zero-order valence-corrected chi connectivity index (χ0v) is 11.3. The average Bonchev–Trinajstić information content (AvgIpc) is 2.39. The van der Waals surface area contributed by atoms with Crippen LogP contribution < -0.4 is 5.32 Å². The summed E-state index contributed by atoms with van der Waals surface area (Å²) in [6, 6.07) is 14.8.